The Bertz CT molecular complexity index is 1510. The summed E-state index contributed by atoms with van der Waals surface area (Å²) in [7, 11) is 0. The van der Waals surface area contributed by atoms with Gasteiger partial charge in [-0.05, 0) is 63.4 Å². The molecule has 0 N–H and O–H groups in total. The predicted octanol–water partition coefficient (Wildman–Crippen LogP) is 6.36. The van der Waals surface area contributed by atoms with Gasteiger partial charge >= 0.3 is 0 Å². The molecule has 5 rings (SSSR count). The Morgan fingerprint density at radius 1 is 0.881 bits per heavy atom. The summed E-state index contributed by atoms with van der Waals surface area (Å²) in [5.74, 6) is 1.74. The van der Waals surface area contributed by atoms with Crippen LogP contribution in [-0.4, -0.2) is 67.8 Å². The van der Waals surface area contributed by atoms with Crippen molar-refractivity contribution in [3.8, 4) is 17.1 Å². The van der Waals surface area contributed by atoms with Gasteiger partial charge in [-0.15, -0.1) is 10.2 Å². The van der Waals surface area contributed by atoms with Gasteiger partial charge in [0.25, 0.3) is 5.91 Å². The quantitative estimate of drug-likeness (QED) is 0.170. The number of thioether (sulfide) groups is 1. The zero-order valence-electron chi connectivity index (χ0n) is 24.9. The van der Waals surface area contributed by atoms with Gasteiger partial charge in [0, 0.05) is 54.7 Å². The molecule has 3 aromatic carbocycles. The minimum Gasteiger partial charge on any atom is -0.339 e. The molecule has 1 aliphatic rings. The molecule has 0 bridgehead atoms. The van der Waals surface area contributed by atoms with Crippen LogP contribution in [0.3, 0.4) is 0 Å². The zero-order chi connectivity index (χ0) is 29.6. The van der Waals surface area contributed by atoms with Crippen LogP contribution in [-0.2, 0) is 11.2 Å². The number of rotatable bonds is 9. The van der Waals surface area contributed by atoms with Gasteiger partial charge in [-0.2, -0.15) is 0 Å². The summed E-state index contributed by atoms with van der Waals surface area (Å²) in [6.07, 6.45) is 2.16. The molecule has 0 spiro atoms. The van der Waals surface area contributed by atoms with Crippen LogP contribution in [0.5, 0.6) is 0 Å². The molecule has 1 fully saturated rings. The van der Waals surface area contributed by atoms with E-state index in [0.717, 1.165) is 40.8 Å². The Labute approximate surface area is 252 Å². The molecule has 2 amide bonds. The average Bonchev–Trinajstić information content (AvgIpc) is 3.43. The molecule has 2 heterocycles. The highest BCUT2D eigenvalue weighted by Crippen LogP contribution is 2.29. The van der Waals surface area contributed by atoms with Crippen LogP contribution >= 0.6 is 11.8 Å². The number of aromatic nitrogens is 3. The molecule has 4 aromatic rings. The van der Waals surface area contributed by atoms with Gasteiger partial charge < -0.3 is 9.80 Å². The van der Waals surface area contributed by atoms with E-state index in [9.17, 15) is 9.59 Å². The Hall–Kier alpha value is -3.91. The molecule has 218 valence electrons. The van der Waals surface area contributed by atoms with Crippen molar-refractivity contribution in [2.24, 2.45) is 0 Å². The second-order valence-electron chi connectivity index (χ2n) is 11.0. The van der Waals surface area contributed by atoms with Gasteiger partial charge in [-0.3, -0.25) is 14.2 Å². The third kappa shape index (κ3) is 6.76. The number of aryl methyl sites for hydroxylation is 3. The third-order valence-electron chi connectivity index (χ3n) is 7.85. The van der Waals surface area contributed by atoms with Crippen molar-refractivity contribution in [1.29, 1.82) is 0 Å². The minimum atomic E-state index is -0.0244. The van der Waals surface area contributed by atoms with E-state index in [1.165, 1.54) is 16.7 Å². The van der Waals surface area contributed by atoms with E-state index in [2.05, 4.69) is 84.1 Å². The summed E-state index contributed by atoms with van der Waals surface area (Å²) in [6.45, 7) is 9.96. The van der Waals surface area contributed by atoms with E-state index in [4.69, 9.17) is 0 Å². The van der Waals surface area contributed by atoms with Crippen LogP contribution in [0, 0.1) is 13.8 Å². The SMILES string of the molecule is CCc1ccc(C(=O)N2CCN(C(=O)CCCSc3nnc(-c4ccc(C)cc4)n3-c3ccc(C)cc3)CC2C)cc1. The second kappa shape index (κ2) is 13.4. The van der Waals surface area contributed by atoms with Crippen molar-refractivity contribution >= 4 is 23.6 Å². The molecule has 0 saturated carbocycles. The normalized spacial score (nSPS) is 15.2. The number of hydrogen-bond donors (Lipinski definition) is 0. The van der Waals surface area contributed by atoms with Gasteiger partial charge in [-0.1, -0.05) is 78.3 Å². The topological polar surface area (TPSA) is 71.3 Å². The van der Waals surface area contributed by atoms with Crippen molar-refractivity contribution in [2.45, 2.75) is 58.2 Å². The van der Waals surface area contributed by atoms with Crippen LogP contribution in [0.15, 0.2) is 78.0 Å². The lowest BCUT2D eigenvalue weighted by atomic mass is 10.1. The molecule has 1 aromatic heterocycles. The maximum Gasteiger partial charge on any atom is 0.254 e. The van der Waals surface area contributed by atoms with Crippen molar-refractivity contribution < 1.29 is 9.59 Å². The highest BCUT2D eigenvalue weighted by atomic mass is 32.2. The number of nitrogens with zero attached hydrogens (tertiary/aromatic N) is 5. The lowest BCUT2D eigenvalue weighted by Crippen LogP contribution is -2.55. The summed E-state index contributed by atoms with van der Waals surface area (Å²) in [4.78, 5) is 30.0. The van der Waals surface area contributed by atoms with Crippen LogP contribution in [0.25, 0.3) is 17.1 Å². The van der Waals surface area contributed by atoms with Crippen molar-refractivity contribution in [1.82, 2.24) is 24.6 Å². The maximum atomic E-state index is 13.1. The van der Waals surface area contributed by atoms with E-state index < -0.39 is 0 Å². The summed E-state index contributed by atoms with van der Waals surface area (Å²) >= 11 is 1.62. The second-order valence-corrected chi connectivity index (χ2v) is 12.1. The molecule has 7 nitrogen and oxygen atoms in total. The van der Waals surface area contributed by atoms with Gasteiger partial charge in [0.1, 0.15) is 0 Å². The predicted molar refractivity (Wildman–Crippen MR) is 169 cm³/mol. The van der Waals surface area contributed by atoms with E-state index in [0.29, 0.717) is 31.6 Å². The first-order valence-corrected chi connectivity index (χ1v) is 15.7. The largest absolute Gasteiger partial charge is 0.339 e. The molecule has 1 saturated heterocycles. The lowest BCUT2D eigenvalue weighted by Gasteiger charge is -2.40. The molecule has 8 heteroatoms. The Balaban J connectivity index is 1.17. The first-order valence-electron chi connectivity index (χ1n) is 14.7. The highest BCUT2D eigenvalue weighted by Gasteiger charge is 2.30. The molecule has 42 heavy (non-hydrogen) atoms. The van der Waals surface area contributed by atoms with Gasteiger partial charge in [0.05, 0.1) is 0 Å². The Morgan fingerprint density at radius 2 is 1.55 bits per heavy atom. The summed E-state index contributed by atoms with van der Waals surface area (Å²) in [5, 5.41) is 9.89. The van der Waals surface area contributed by atoms with Crippen molar-refractivity contribution in [3.05, 3.63) is 95.1 Å². The van der Waals surface area contributed by atoms with E-state index in [-0.39, 0.29) is 17.9 Å². The molecule has 1 aliphatic heterocycles. The highest BCUT2D eigenvalue weighted by molar-refractivity contribution is 7.99. The summed E-state index contributed by atoms with van der Waals surface area (Å²) in [6, 6.07) is 24.5. The first-order chi connectivity index (χ1) is 20.3. The van der Waals surface area contributed by atoms with E-state index in [1.54, 1.807) is 11.8 Å². The lowest BCUT2D eigenvalue weighted by molar-refractivity contribution is -0.133. The zero-order valence-corrected chi connectivity index (χ0v) is 25.7. The number of carbonyl (C=O) groups is 2. The maximum absolute atomic E-state index is 13.1. The Morgan fingerprint density at radius 3 is 2.19 bits per heavy atom. The number of hydrogen-bond acceptors (Lipinski definition) is 5. The average molecular weight is 582 g/mol. The number of benzene rings is 3. The van der Waals surface area contributed by atoms with E-state index >= 15 is 0 Å². The van der Waals surface area contributed by atoms with Crippen molar-refractivity contribution in [3.63, 3.8) is 0 Å². The van der Waals surface area contributed by atoms with Gasteiger partial charge in [-0.25, -0.2) is 0 Å². The fourth-order valence-electron chi connectivity index (χ4n) is 5.26. The monoisotopic (exact) mass is 581 g/mol. The molecular weight excluding hydrogens is 542 g/mol. The van der Waals surface area contributed by atoms with Crippen LogP contribution in [0.1, 0.15) is 53.7 Å². The van der Waals surface area contributed by atoms with Crippen LogP contribution in [0.2, 0.25) is 0 Å². The fourth-order valence-corrected chi connectivity index (χ4v) is 6.15. The fraction of sp³-hybridized carbons (Fsp3) is 0.353. The van der Waals surface area contributed by atoms with Crippen LogP contribution < -0.4 is 0 Å². The number of piperazine rings is 1. The molecule has 0 aliphatic carbocycles. The smallest absolute Gasteiger partial charge is 0.254 e. The first kappa shape index (κ1) is 29.6. The van der Waals surface area contributed by atoms with E-state index in [1.807, 2.05) is 41.0 Å². The molecule has 0 radical (unpaired) electrons. The Kier molecular flexibility index (Phi) is 9.42. The summed E-state index contributed by atoms with van der Waals surface area (Å²) in [5.41, 5.74) is 6.35. The van der Waals surface area contributed by atoms with Gasteiger partial charge in [0.15, 0.2) is 11.0 Å². The number of amides is 2. The van der Waals surface area contributed by atoms with Crippen molar-refractivity contribution in [2.75, 3.05) is 25.4 Å². The molecule has 1 atom stereocenters. The van der Waals surface area contributed by atoms with Gasteiger partial charge in [0.2, 0.25) is 5.91 Å². The van der Waals surface area contributed by atoms with Crippen LogP contribution in [0.4, 0.5) is 0 Å². The third-order valence-corrected chi connectivity index (χ3v) is 8.87. The molecular formula is C34H39N5O2S. The molecule has 1 unspecified atom stereocenters. The minimum absolute atomic E-state index is 0.0244. The number of carbonyl (C=O) groups excluding carboxylic acids is 2. The standard InChI is InChI=1S/C34H39N5O2S/c1-5-27-12-16-29(17-13-27)33(41)38-21-20-37(23-26(38)4)31(40)7-6-22-42-34-36-35-32(28-14-8-24(2)9-15-28)39(34)30-18-10-25(3)11-19-30/h8-19,26H,5-7,20-23H2,1-4H3. The summed E-state index contributed by atoms with van der Waals surface area (Å²) < 4.78 is 2.10.